The molecule has 0 radical (unpaired) electrons. The van der Waals surface area contributed by atoms with E-state index in [1.54, 1.807) is 0 Å². The Bertz CT molecular complexity index is 1150. The van der Waals surface area contributed by atoms with E-state index in [0.717, 1.165) is 41.0 Å². The maximum absolute atomic E-state index is 6.21. The highest BCUT2D eigenvalue weighted by molar-refractivity contribution is 6.31. The van der Waals surface area contributed by atoms with E-state index in [2.05, 4.69) is 33.8 Å². The molecule has 0 atom stereocenters. The number of fused-ring (bicyclic) bond motifs is 2. The van der Waals surface area contributed by atoms with Gasteiger partial charge in [-0.2, -0.15) is 0 Å². The lowest BCUT2D eigenvalue weighted by molar-refractivity contribution is 0.649. The minimum atomic E-state index is 0.628. The van der Waals surface area contributed by atoms with Crippen LogP contribution in [0.2, 0.25) is 5.02 Å². The Morgan fingerprint density at radius 2 is 1.90 bits per heavy atom. The third-order valence-corrected chi connectivity index (χ3v) is 5.68. The molecule has 1 N–H and O–H groups in total. The van der Waals surface area contributed by atoms with Gasteiger partial charge in [0.25, 0.3) is 0 Å². The zero-order chi connectivity index (χ0) is 19.6. The molecule has 0 saturated carbocycles. The predicted molar refractivity (Wildman–Crippen MR) is 116 cm³/mol. The minimum absolute atomic E-state index is 0.628. The number of nitrogens with one attached hydrogen (secondary N) is 1. The van der Waals surface area contributed by atoms with Crippen molar-refractivity contribution in [3.05, 3.63) is 82.3 Å². The first kappa shape index (κ1) is 18.1. The van der Waals surface area contributed by atoms with Crippen LogP contribution in [0, 0.1) is 0 Å². The number of pyridine rings is 1. The van der Waals surface area contributed by atoms with Gasteiger partial charge in [-0.3, -0.25) is 4.98 Å². The average Bonchev–Trinajstić information content (AvgIpc) is 3.19. The molecule has 0 fully saturated rings. The van der Waals surface area contributed by atoms with Crippen molar-refractivity contribution in [3.63, 3.8) is 0 Å². The number of nitrogens with zero attached hydrogens (tertiary/aromatic N) is 4. The van der Waals surface area contributed by atoms with Crippen LogP contribution in [0.4, 0.5) is 5.69 Å². The minimum Gasteiger partial charge on any atom is -0.378 e. The highest BCUT2D eigenvalue weighted by atomic mass is 35.5. The van der Waals surface area contributed by atoms with Crippen molar-refractivity contribution in [1.82, 2.24) is 20.0 Å². The number of hydrogen-bond donors (Lipinski definition) is 1. The van der Waals surface area contributed by atoms with Crippen LogP contribution in [0.25, 0.3) is 10.9 Å². The topological polar surface area (TPSA) is 55.6 Å². The largest absolute Gasteiger partial charge is 0.378 e. The van der Waals surface area contributed by atoms with Crippen molar-refractivity contribution in [2.24, 2.45) is 0 Å². The molecular formula is C23H22ClN5. The van der Waals surface area contributed by atoms with E-state index < -0.39 is 0 Å². The van der Waals surface area contributed by atoms with Crippen molar-refractivity contribution < 1.29 is 0 Å². The summed E-state index contributed by atoms with van der Waals surface area (Å²) in [4.78, 5) is 4.89. The highest BCUT2D eigenvalue weighted by Crippen LogP contribution is 2.34. The number of anilines is 1. The van der Waals surface area contributed by atoms with Gasteiger partial charge >= 0.3 is 0 Å². The van der Waals surface area contributed by atoms with Crippen LogP contribution in [0.5, 0.6) is 0 Å². The fraction of sp³-hybridized carbons (Fsp3) is 0.261. The maximum Gasteiger partial charge on any atom is 0.102 e. The third kappa shape index (κ3) is 3.83. The van der Waals surface area contributed by atoms with Gasteiger partial charge in [0.15, 0.2) is 0 Å². The fourth-order valence-corrected chi connectivity index (χ4v) is 4.21. The Morgan fingerprint density at radius 1 is 1.03 bits per heavy atom. The standard InChI is InChI=1S/C23H22ClN5/c24-17-10-11-20-22(12-17)26-21-9-5-4-8-19(21)23(20)25-13-18-15-29(28-27-18)14-16-6-2-1-3-7-16/h1-3,6-7,10-12,15H,4-5,8-9,13-14H2,(H,25,26). The number of hydrogen-bond acceptors (Lipinski definition) is 4. The predicted octanol–water partition coefficient (Wildman–Crippen LogP) is 5.02. The van der Waals surface area contributed by atoms with Crippen molar-refractivity contribution in [3.8, 4) is 0 Å². The molecule has 2 aromatic heterocycles. The number of rotatable bonds is 5. The van der Waals surface area contributed by atoms with Gasteiger partial charge in [0.1, 0.15) is 5.69 Å². The Morgan fingerprint density at radius 3 is 2.79 bits per heavy atom. The molecule has 146 valence electrons. The molecule has 0 amide bonds. The van der Waals surface area contributed by atoms with Gasteiger partial charge in [-0.05, 0) is 55.0 Å². The SMILES string of the molecule is Clc1ccc2c(NCc3cn(Cc4ccccc4)nn3)c3c(nc2c1)CCCC3. The van der Waals surface area contributed by atoms with Crippen LogP contribution in [0.1, 0.15) is 35.4 Å². The normalized spacial score (nSPS) is 13.4. The zero-order valence-electron chi connectivity index (χ0n) is 16.1. The number of benzene rings is 2. The summed E-state index contributed by atoms with van der Waals surface area (Å²) in [5.74, 6) is 0. The molecule has 0 bridgehead atoms. The van der Waals surface area contributed by atoms with Gasteiger partial charge in [-0.1, -0.05) is 47.1 Å². The first-order chi connectivity index (χ1) is 14.3. The number of aromatic nitrogens is 4. The Labute approximate surface area is 174 Å². The summed E-state index contributed by atoms with van der Waals surface area (Å²) in [6.07, 6.45) is 6.49. The molecule has 0 spiro atoms. The van der Waals surface area contributed by atoms with E-state index in [0.29, 0.717) is 6.54 Å². The van der Waals surface area contributed by atoms with Crippen LogP contribution in [-0.4, -0.2) is 20.0 Å². The molecule has 5 rings (SSSR count). The van der Waals surface area contributed by atoms with E-state index in [4.69, 9.17) is 16.6 Å². The zero-order valence-corrected chi connectivity index (χ0v) is 16.9. The summed E-state index contributed by atoms with van der Waals surface area (Å²) in [6.45, 7) is 1.35. The first-order valence-electron chi connectivity index (χ1n) is 10.0. The Kier molecular flexibility index (Phi) is 4.90. The Balaban J connectivity index is 1.41. The van der Waals surface area contributed by atoms with E-state index in [-0.39, 0.29) is 0 Å². The second-order valence-electron chi connectivity index (χ2n) is 7.53. The van der Waals surface area contributed by atoms with E-state index in [9.17, 15) is 0 Å². The molecule has 1 aliphatic carbocycles. The molecule has 6 heteroatoms. The molecule has 1 aliphatic rings. The second-order valence-corrected chi connectivity index (χ2v) is 7.96. The van der Waals surface area contributed by atoms with Crippen LogP contribution >= 0.6 is 11.6 Å². The lowest BCUT2D eigenvalue weighted by atomic mass is 9.92. The van der Waals surface area contributed by atoms with Crippen molar-refractivity contribution >= 4 is 28.2 Å². The average molecular weight is 404 g/mol. The van der Waals surface area contributed by atoms with Crippen molar-refractivity contribution in [1.29, 1.82) is 0 Å². The second kappa shape index (κ2) is 7.84. The van der Waals surface area contributed by atoms with E-state index in [1.165, 1.54) is 35.3 Å². The third-order valence-electron chi connectivity index (χ3n) is 5.44. The number of halogens is 1. The molecule has 29 heavy (non-hydrogen) atoms. The van der Waals surface area contributed by atoms with E-state index >= 15 is 0 Å². The quantitative estimate of drug-likeness (QED) is 0.508. The first-order valence-corrected chi connectivity index (χ1v) is 10.4. The Hall–Kier alpha value is -2.92. The number of aryl methyl sites for hydroxylation is 1. The monoisotopic (exact) mass is 403 g/mol. The fourth-order valence-electron chi connectivity index (χ4n) is 4.05. The molecular weight excluding hydrogens is 382 g/mol. The van der Waals surface area contributed by atoms with E-state index in [1.807, 2.05) is 41.2 Å². The van der Waals surface area contributed by atoms with Gasteiger partial charge in [-0.25, -0.2) is 4.68 Å². The van der Waals surface area contributed by atoms with Gasteiger partial charge in [-0.15, -0.1) is 5.10 Å². The lowest BCUT2D eigenvalue weighted by Gasteiger charge is -2.21. The molecule has 0 unspecified atom stereocenters. The summed E-state index contributed by atoms with van der Waals surface area (Å²) in [7, 11) is 0. The smallest absolute Gasteiger partial charge is 0.102 e. The summed E-state index contributed by atoms with van der Waals surface area (Å²) >= 11 is 6.21. The summed E-state index contributed by atoms with van der Waals surface area (Å²) in [5.41, 5.74) is 6.78. The maximum atomic E-state index is 6.21. The van der Waals surface area contributed by atoms with Crippen molar-refractivity contribution in [2.45, 2.75) is 38.8 Å². The van der Waals surface area contributed by atoms with Gasteiger partial charge < -0.3 is 5.32 Å². The van der Waals surface area contributed by atoms with Crippen LogP contribution < -0.4 is 5.32 Å². The van der Waals surface area contributed by atoms with Gasteiger partial charge in [0, 0.05) is 21.8 Å². The highest BCUT2D eigenvalue weighted by Gasteiger charge is 2.18. The van der Waals surface area contributed by atoms with Gasteiger partial charge in [0.05, 0.1) is 24.8 Å². The summed E-state index contributed by atoms with van der Waals surface area (Å²) < 4.78 is 1.88. The molecule has 0 saturated heterocycles. The molecule has 4 aromatic rings. The van der Waals surface area contributed by atoms with Gasteiger partial charge in [0.2, 0.25) is 0 Å². The summed E-state index contributed by atoms with van der Waals surface area (Å²) in [5, 5.41) is 14.1. The summed E-state index contributed by atoms with van der Waals surface area (Å²) in [6, 6.07) is 16.2. The lowest BCUT2D eigenvalue weighted by Crippen LogP contribution is -2.11. The van der Waals surface area contributed by atoms with Crippen molar-refractivity contribution in [2.75, 3.05) is 5.32 Å². The molecule has 0 aliphatic heterocycles. The molecule has 5 nitrogen and oxygen atoms in total. The van der Waals surface area contributed by atoms with Crippen LogP contribution in [-0.2, 0) is 25.9 Å². The molecule has 2 aromatic carbocycles. The van der Waals surface area contributed by atoms with Crippen LogP contribution in [0.3, 0.4) is 0 Å². The van der Waals surface area contributed by atoms with Crippen LogP contribution in [0.15, 0.2) is 54.7 Å². The molecule has 2 heterocycles.